The zero-order chi connectivity index (χ0) is 10.9. The SMILES string of the molecule is NCCS(=O)(=O)c1cccc2nccn12. The molecule has 0 saturated carbocycles. The van der Waals surface area contributed by atoms with Gasteiger partial charge in [-0.1, -0.05) is 6.07 Å². The average molecular weight is 225 g/mol. The van der Waals surface area contributed by atoms with Gasteiger partial charge in [0, 0.05) is 18.9 Å². The van der Waals surface area contributed by atoms with Crippen molar-refractivity contribution in [3.05, 3.63) is 30.6 Å². The summed E-state index contributed by atoms with van der Waals surface area (Å²) in [5, 5.41) is 0.239. The minimum Gasteiger partial charge on any atom is -0.329 e. The number of rotatable bonds is 3. The van der Waals surface area contributed by atoms with Crippen LogP contribution in [-0.4, -0.2) is 30.1 Å². The molecule has 0 aromatic carbocycles. The molecule has 2 N–H and O–H groups in total. The average Bonchev–Trinajstić information content (AvgIpc) is 2.64. The third-order valence-electron chi connectivity index (χ3n) is 2.10. The van der Waals surface area contributed by atoms with E-state index in [-0.39, 0.29) is 17.3 Å². The van der Waals surface area contributed by atoms with Gasteiger partial charge in [-0.05, 0) is 12.1 Å². The third-order valence-corrected chi connectivity index (χ3v) is 3.84. The Balaban J connectivity index is 2.66. The minimum absolute atomic E-state index is 0.0513. The maximum Gasteiger partial charge on any atom is 0.195 e. The lowest BCUT2D eigenvalue weighted by Crippen LogP contribution is -2.17. The molecule has 0 atom stereocenters. The highest BCUT2D eigenvalue weighted by atomic mass is 32.2. The molecule has 0 aliphatic rings. The minimum atomic E-state index is -3.31. The number of fused-ring (bicyclic) bond motifs is 1. The Morgan fingerprint density at radius 2 is 2.20 bits per heavy atom. The number of sulfone groups is 1. The zero-order valence-electron chi connectivity index (χ0n) is 8.00. The van der Waals surface area contributed by atoms with Crippen molar-refractivity contribution >= 4 is 15.5 Å². The van der Waals surface area contributed by atoms with E-state index in [1.54, 1.807) is 35.0 Å². The van der Waals surface area contributed by atoms with Gasteiger partial charge in [0.1, 0.15) is 10.7 Å². The van der Waals surface area contributed by atoms with Gasteiger partial charge in [-0.2, -0.15) is 0 Å². The van der Waals surface area contributed by atoms with E-state index in [0.717, 1.165) is 0 Å². The van der Waals surface area contributed by atoms with Crippen LogP contribution in [-0.2, 0) is 9.84 Å². The first-order valence-electron chi connectivity index (χ1n) is 4.50. The summed E-state index contributed by atoms with van der Waals surface area (Å²) in [6.07, 6.45) is 3.19. The number of nitrogens with two attached hydrogens (primary N) is 1. The molecule has 0 fully saturated rings. The molecular weight excluding hydrogens is 214 g/mol. The van der Waals surface area contributed by atoms with Gasteiger partial charge in [0.25, 0.3) is 0 Å². The number of aromatic nitrogens is 2. The first-order valence-corrected chi connectivity index (χ1v) is 6.15. The summed E-state index contributed by atoms with van der Waals surface area (Å²) in [6.45, 7) is 0.118. The topological polar surface area (TPSA) is 77.5 Å². The van der Waals surface area contributed by atoms with Crippen molar-refractivity contribution in [2.24, 2.45) is 5.73 Å². The summed E-state index contributed by atoms with van der Waals surface area (Å²) in [5.41, 5.74) is 5.89. The number of hydrogen-bond donors (Lipinski definition) is 1. The van der Waals surface area contributed by atoms with Crippen molar-refractivity contribution in [3.8, 4) is 0 Å². The highest BCUT2D eigenvalue weighted by Crippen LogP contribution is 2.12. The molecule has 80 valence electrons. The monoisotopic (exact) mass is 225 g/mol. The van der Waals surface area contributed by atoms with Gasteiger partial charge >= 0.3 is 0 Å². The van der Waals surface area contributed by atoms with E-state index in [1.807, 2.05) is 0 Å². The fraction of sp³-hybridized carbons (Fsp3) is 0.222. The Morgan fingerprint density at radius 1 is 1.40 bits per heavy atom. The van der Waals surface area contributed by atoms with Crippen LogP contribution in [0.15, 0.2) is 35.6 Å². The second kappa shape index (κ2) is 3.63. The highest BCUT2D eigenvalue weighted by molar-refractivity contribution is 7.91. The highest BCUT2D eigenvalue weighted by Gasteiger charge is 2.16. The second-order valence-corrected chi connectivity index (χ2v) is 5.18. The summed E-state index contributed by atoms with van der Waals surface area (Å²) >= 11 is 0. The van der Waals surface area contributed by atoms with Gasteiger partial charge in [-0.15, -0.1) is 0 Å². The molecule has 0 amide bonds. The Morgan fingerprint density at radius 3 is 2.93 bits per heavy atom. The zero-order valence-corrected chi connectivity index (χ0v) is 8.81. The van der Waals surface area contributed by atoms with Crippen LogP contribution in [0, 0.1) is 0 Å². The molecule has 5 nitrogen and oxygen atoms in total. The van der Waals surface area contributed by atoms with Gasteiger partial charge < -0.3 is 5.73 Å². The summed E-state index contributed by atoms with van der Waals surface area (Å²) in [7, 11) is -3.31. The molecule has 2 heterocycles. The van der Waals surface area contributed by atoms with E-state index in [2.05, 4.69) is 4.98 Å². The van der Waals surface area contributed by atoms with Gasteiger partial charge in [-0.25, -0.2) is 13.4 Å². The number of pyridine rings is 1. The maximum absolute atomic E-state index is 11.8. The first kappa shape index (κ1) is 10.1. The number of nitrogens with zero attached hydrogens (tertiary/aromatic N) is 2. The fourth-order valence-electron chi connectivity index (χ4n) is 1.43. The van der Waals surface area contributed by atoms with Crippen LogP contribution in [0.1, 0.15) is 0 Å². The Hall–Kier alpha value is -1.40. The van der Waals surface area contributed by atoms with Gasteiger partial charge in [0.2, 0.25) is 0 Å². The molecular formula is C9H11N3O2S. The van der Waals surface area contributed by atoms with E-state index >= 15 is 0 Å². The van der Waals surface area contributed by atoms with Crippen molar-refractivity contribution in [2.75, 3.05) is 12.3 Å². The van der Waals surface area contributed by atoms with Crippen LogP contribution in [0.3, 0.4) is 0 Å². The molecule has 15 heavy (non-hydrogen) atoms. The second-order valence-electron chi connectivity index (χ2n) is 3.13. The van der Waals surface area contributed by atoms with Crippen molar-refractivity contribution in [2.45, 2.75) is 5.03 Å². The molecule has 0 radical (unpaired) electrons. The molecule has 0 bridgehead atoms. The van der Waals surface area contributed by atoms with Crippen LogP contribution >= 0.6 is 0 Å². The quantitative estimate of drug-likeness (QED) is 0.801. The molecule has 0 unspecified atom stereocenters. The summed E-state index contributed by atoms with van der Waals surface area (Å²) in [4.78, 5) is 4.02. The predicted octanol–water partition coefficient (Wildman–Crippen LogP) is 0.0667. The van der Waals surface area contributed by atoms with Crippen LogP contribution in [0.5, 0.6) is 0 Å². The Bertz CT molecular complexity index is 574. The standard InChI is InChI=1S/C9H11N3O2S/c10-4-7-15(13,14)9-3-1-2-8-11-5-6-12(8)9/h1-3,5-6H,4,7,10H2. The smallest absolute Gasteiger partial charge is 0.195 e. The number of hydrogen-bond acceptors (Lipinski definition) is 4. The summed E-state index contributed by atoms with van der Waals surface area (Å²) < 4.78 is 25.2. The first-order chi connectivity index (χ1) is 7.15. The molecule has 0 spiro atoms. The van der Waals surface area contributed by atoms with Crippen molar-refractivity contribution in [3.63, 3.8) is 0 Å². The van der Waals surface area contributed by atoms with Crippen LogP contribution in [0.25, 0.3) is 5.65 Å². The van der Waals surface area contributed by atoms with Gasteiger partial charge in [-0.3, -0.25) is 4.40 Å². The number of imidazole rings is 1. The van der Waals surface area contributed by atoms with Crippen molar-refractivity contribution in [1.82, 2.24) is 9.38 Å². The lowest BCUT2D eigenvalue weighted by atomic mass is 10.5. The van der Waals surface area contributed by atoms with E-state index in [0.29, 0.717) is 5.65 Å². The Labute approximate surface area is 87.5 Å². The summed E-state index contributed by atoms with van der Waals surface area (Å²) in [5.74, 6) is -0.0513. The fourth-order valence-corrected chi connectivity index (χ4v) is 2.69. The molecule has 6 heteroatoms. The maximum atomic E-state index is 11.8. The van der Waals surface area contributed by atoms with E-state index < -0.39 is 9.84 Å². The molecule has 2 aromatic heterocycles. The van der Waals surface area contributed by atoms with Crippen LogP contribution in [0.4, 0.5) is 0 Å². The van der Waals surface area contributed by atoms with Crippen LogP contribution in [0.2, 0.25) is 0 Å². The normalized spacial score (nSPS) is 12.1. The van der Waals surface area contributed by atoms with E-state index in [4.69, 9.17) is 5.73 Å². The van der Waals surface area contributed by atoms with E-state index in [1.165, 1.54) is 0 Å². The van der Waals surface area contributed by atoms with Gasteiger partial charge in [0.15, 0.2) is 9.84 Å². The Kier molecular flexibility index (Phi) is 2.45. The van der Waals surface area contributed by atoms with Crippen molar-refractivity contribution in [1.29, 1.82) is 0 Å². The third kappa shape index (κ3) is 1.73. The summed E-state index contributed by atoms with van der Waals surface area (Å²) in [6, 6.07) is 4.98. The van der Waals surface area contributed by atoms with Crippen LogP contribution < -0.4 is 5.73 Å². The lowest BCUT2D eigenvalue weighted by molar-refractivity contribution is 0.590. The van der Waals surface area contributed by atoms with Crippen molar-refractivity contribution < 1.29 is 8.42 Å². The molecule has 0 saturated heterocycles. The predicted molar refractivity (Wildman–Crippen MR) is 56.3 cm³/mol. The van der Waals surface area contributed by atoms with E-state index in [9.17, 15) is 8.42 Å². The molecule has 2 rings (SSSR count). The molecule has 0 aliphatic carbocycles. The van der Waals surface area contributed by atoms with Gasteiger partial charge in [0.05, 0.1) is 5.75 Å². The largest absolute Gasteiger partial charge is 0.329 e. The molecule has 2 aromatic rings. The lowest BCUT2D eigenvalue weighted by Gasteiger charge is -2.05. The molecule has 0 aliphatic heterocycles.